The zero-order chi connectivity index (χ0) is 18.0. The number of carbonyl (C=O) groups excluding carboxylic acids is 1. The maximum absolute atomic E-state index is 14.6. The number of aliphatic imine (C=N–C) groups is 1. The van der Waals surface area contributed by atoms with Crippen molar-refractivity contribution in [1.29, 1.82) is 5.26 Å². The van der Waals surface area contributed by atoms with Crippen LogP contribution < -0.4 is 11.5 Å². The lowest BCUT2D eigenvalue weighted by atomic mass is 9.85. The fourth-order valence-electron chi connectivity index (χ4n) is 2.92. The zero-order valence-electron chi connectivity index (χ0n) is 13.3. The first-order valence-electron chi connectivity index (χ1n) is 7.67. The summed E-state index contributed by atoms with van der Waals surface area (Å²) in [4.78, 5) is 15.6. The quantitative estimate of drug-likeness (QED) is 0.650. The van der Waals surface area contributed by atoms with Crippen LogP contribution >= 0.6 is 0 Å². The Morgan fingerprint density at radius 1 is 1.20 bits per heavy atom. The van der Waals surface area contributed by atoms with E-state index >= 15 is 0 Å². The Hall–Kier alpha value is -3.46. The number of hydrogen-bond acceptors (Lipinski definition) is 2. The number of rotatable bonds is 2. The lowest BCUT2D eigenvalue weighted by molar-refractivity contribution is 0.100. The highest BCUT2D eigenvalue weighted by Crippen LogP contribution is 2.34. The second kappa shape index (κ2) is 6.57. The summed E-state index contributed by atoms with van der Waals surface area (Å²) in [6.07, 6.45) is 3.45. The van der Waals surface area contributed by atoms with Gasteiger partial charge in [-0.25, -0.2) is 4.39 Å². The molecule has 0 saturated heterocycles. The molecule has 0 fully saturated rings. The standard InChI is InChI=1S/C19H15FN4O/c20-17-13(10-21)4-2-6-15(17)14-5-1-3-11-7-8-12(9-16(11)14)18(25)24-19(22)23/h2,4-9H,1,3H2,(H4,22,23,24,25). The van der Waals surface area contributed by atoms with Crippen LogP contribution in [0, 0.1) is 17.1 Å². The summed E-state index contributed by atoms with van der Waals surface area (Å²) in [6.45, 7) is 0. The third kappa shape index (κ3) is 3.12. The highest BCUT2D eigenvalue weighted by molar-refractivity contribution is 6.02. The van der Waals surface area contributed by atoms with Gasteiger partial charge < -0.3 is 11.5 Å². The fraction of sp³-hybridized carbons (Fsp3) is 0.105. The number of nitriles is 1. The molecular weight excluding hydrogens is 319 g/mol. The summed E-state index contributed by atoms with van der Waals surface area (Å²) in [5.74, 6) is -1.43. The minimum atomic E-state index is -0.565. The minimum absolute atomic E-state index is 0.0155. The van der Waals surface area contributed by atoms with Crippen molar-refractivity contribution < 1.29 is 9.18 Å². The van der Waals surface area contributed by atoms with Gasteiger partial charge >= 0.3 is 0 Å². The van der Waals surface area contributed by atoms with Gasteiger partial charge in [-0.15, -0.1) is 0 Å². The van der Waals surface area contributed by atoms with E-state index in [4.69, 9.17) is 16.7 Å². The van der Waals surface area contributed by atoms with Gasteiger partial charge in [-0.05, 0) is 47.7 Å². The molecule has 0 bridgehead atoms. The Morgan fingerprint density at radius 2 is 2.00 bits per heavy atom. The van der Waals surface area contributed by atoms with E-state index in [1.54, 1.807) is 24.3 Å². The molecule has 1 aliphatic rings. The third-order valence-electron chi connectivity index (χ3n) is 4.05. The number of nitrogens with zero attached hydrogens (tertiary/aromatic N) is 2. The predicted molar refractivity (Wildman–Crippen MR) is 93.1 cm³/mol. The number of hydrogen-bond donors (Lipinski definition) is 2. The van der Waals surface area contributed by atoms with Crippen LogP contribution in [0.15, 0.2) is 47.5 Å². The van der Waals surface area contributed by atoms with E-state index in [9.17, 15) is 9.18 Å². The molecule has 1 amide bonds. The Bertz CT molecular complexity index is 966. The van der Waals surface area contributed by atoms with Crippen molar-refractivity contribution in [3.8, 4) is 6.07 Å². The van der Waals surface area contributed by atoms with Crippen molar-refractivity contribution in [2.45, 2.75) is 12.8 Å². The first kappa shape index (κ1) is 16.4. The molecule has 6 heteroatoms. The summed E-state index contributed by atoms with van der Waals surface area (Å²) >= 11 is 0. The third-order valence-corrected chi connectivity index (χ3v) is 4.05. The monoisotopic (exact) mass is 334 g/mol. The number of halogens is 1. The van der Waals surface area contributed by atoms with E-state index in [0.29, 0.717) is 16.7 Å². The second-order valence-electron chi connectivity index (χ2n) is 5.65. The van der Waals surface area contributed by atoms with Crippen molar-refractivity contribution >= 4 is 17.4 Å². The normalized spacial score (nSPS) is 12.6. The van der Waals surface area contributed by atoms with Crippen LogP contribution in [0.5, 0.6) is 0 Å². The molecule has 5 nitrogen and oxygen atoms in total. The van der Waals surface area contributed by atoms with Gasteiger partial charge in [0.2, 0.25) is 0 Å². The molecule has 0 aromatic heterocycles. The number of benzene rings is 2. The van der Waals surface area contributed by atoms with Gasteiger partial charge in [-0.2, -0.15) is 10.3 Å². The largest absolute Gasteiger partial charge is 0.370 e. The van der Waals surface area contributed by atoms with E-state index in [-0.39, 0.29) is 11.5 Å². The van der Waals surface area contributed by atoms with Crippen LogP contribution in [-0.2, 0) is 6.42 Å². The molecule has 0 aliphatic heterocycles. The molecule has 0 atom stereocenters. The second-order valence-corrected chi connectivity index (χ2v) is 5.65. The maximum Gasteiger partial charge on any atom is 0.280 e. The van der Waals surface area contributed by atoms with Crippen LogP contribution in [-0.4, -0.2) is 11.9 Å². The van der Waals surface area contributed by atoms with Gasteiger partial charge in [0.05, 0.1) is 5.56 Å². The van der Waals surface area contributed by atoms with Crippen LogP contribution in [0.25, 0.3) is 5.57 Å². The molecule has 0 saturated carbocycles. The number of amides is 1. The molecule has 0 heterocycles. The SMILES string of the molecule is N#Cc1cccc(C2=CCCc3ccc(C(=O)N=C(N)N)cc32)c1F. The van der Waals surface area contributed by atoms with Crippen molar-refractivity contribution in [2.24, 2.45) is 16.5 Å². The number of aryl methyl sites for hydroxylation is 1. The van der Waals surface area contributed by atoms with Crippen LogP contribution in [0.4, 0.5) is 4.39 Å². The first-order valence-corrected chi connectivity index (χ1v) is 7.67. The molecule has 124 valence electrons. The lowest BCUT2D eigenvalue weighted by Gasteiger charge is -2.19. The molecule has 2 aromatic carbocycles. The fourth-order valence-corrected chi connectivity index (χ4v) is 2.92. The summed E-state index contributed by atoms with van der Waals surface area (Å²) in [5.41, 5.74) is 13.6. The molecule has 2 aromatic rings. The summed E-state index contributed by atoms with van der Waals surface area (Å²) < 4.78 is 14.6. The zero-order valence-corrected chi connectivity index (χ0v) is 13.3. The van der Waals surface area contributed by atoms with Crippen molar-refractivity contribution in [3.63, 3.8) is 0 Å². The number of guanidine groups is 1. The molecule has 4 N–H and O–H groups in total. The minimum Gasteiger partial charge on any atom is -0.370 e. The van der Waals surface area contributed by atoms with E-state index in [0.717, 1.165) is 24.0 Å². The van der Waals surface area contributed by atoms with Crippen LogP contribution in [0.3, 0.4) is 0 Å². The Labute approximate surface area is 144 Å². The highest BCUT2D eigenvalue weighted by atomic mass is 19.1. The van der Waals surface area contributed by atoms with E-state index in [2.05, 4.69) is 4.99 Å². The van der Waals surface area contributed by atoms with Gasteiger partial charge in [-0.1, -0.05) is 24.3 Å². The van der Waals surface area contributed by atoms with Gasteiger partial charge in [-0.3, -0.25) is 4.79 Å². The topological polar surface area (TPSA) is 105 Å². The van der Waals surface area contributed by atoms with Crippen molar-refractivity contribution in [2.75, 3.05) is 0 Å². The molecule has 3 rings (SSSR count). The molecular formula is C19H15FN4O. The molecule has 25 heavy (non-hydrogen) atoms. The van der Waals surface area contributed by atoms with Gasteiger partial charge in [0, 0.05) is 11.1 Å². The maximum atomic E-state index is 14.6. The summed E-state index contributed by atoms with van der Waals surface area (Å²) in [5, 5.41) is 9.04. The Balaban J connectivity index is 2.12. The number of fused-ring (bicyclic) bond motifs is 1. The lowest BCUT2D eigenvalue weighted by Crippen LogP contribution is -2.24. The molecule has 0 radical (unpaired) electrons. The predicted octanol–water partition coefficient (Wildman–Crippen LogP) is 2.49. The van der Waals surface area contributed by atoms with E-state index < -0.39 is 11.7 Å². The van der Waals surface area contributed by atoms with E-state index in [1.165, 1.54) is 6.07 Å². The smallest absolute Gasteiger partial charge is 0.280 e. The average Bonchev–Trinajstić information content (AvgIpc) is 2.60. The van der Waals surface area contributed by atoms with Crippen molar-refractivity contribution in [3.05, 3.63) is 76.1 Å². The van der Waals surface area contributed by atoms with Gasteiger partial charge in [0.15, 0.2) is 5.96 Å². The molecule has 1 aliphatic carbocycles. The van der Waals surface area contributed by atoms with Gasteiger partial charge in [0.25, 0.3) is 5.91 Å². The van der Waals surface area contributed by atoms with Crippen LogP contribution in [0.1, 0.15) is 39.0 Å². The average molecular weight is 334 g/mol. The number of nitrogens with two attached hydrogens (primary N) is 2. The Morgan fingerprint density at radius 3 is 2.72 bits per heavy atom. The highest BCUT2D eigenvalue weighted by Gasteiger charge is 2.20. The van der Waals surface area contributed by atoms with E-state index in [1.807, 2.05) is 18.2 Å². The Kier molecular flexibility index (Phi) is 4.31. The van der Waals surface area contributed by atoms with Crippen molar-refractivity contribution in [1.82, 2.24) is 0 Å². The molecule has 0 unspecified atom stereocenters. The first-order chi connectivity index (χ1) is 12.0. The summed E-state index contributed by atoms with van der Waals surface area (Å²) in [6, 6.07) is 11.7. The molecule has 0 spiro atoms. The number of carbonyl (C=O) groups is 1. The van der Waals surface area contributed by atoms with Crippen LogP contribution in [0.2, 0.25) is 0 Å². The van der Waals surface area contributed by atoms with Gasteiger partial charge in [0.1, 0.15) is 11.9 Å². The summed E-state index contributed by atoms with van der Waals surface area (Å²) in [7, 11) is 0. The number of allylic oxidation sites excluding steroid dienone is 1.